The summed E-state index contributed by atoms with van der Waals surface area (Å²) in [7, 11) is 0. The van der Waals surface area contributed by atoms with Gasteiger partial charge in [0.2, 0.25) is 0 Å². The minimum Gasteiger partial charge on any atom is -0.489 e. The first-order chi connectivity index (χ1) is 24.0. The summed E-state index contributed by atoms with van der Waals surface area (Å²) in [6.45, 7) is -0.553. The third-order valence-electron chi connectivity index (χ3n) is 7.96. The minimum absolute atomic E-state index is 0.0314. The summed E-state index contributed by atoms with van der Waals surface area (Å²) in [6.07, 6.45) is 0.180. The molecule has 1 aliphatic rings. The lowest BCUT2D eigenvalue weighted by atomic mass is 9.99. The monoisotopic (exact) mass is 654 g/mol. The molecule has 3 aromatic carbocycles. The number of ether oxygens (including phenoxy) is 3. The fourth-order valence-electron chi connectivity index (χ4n) is 5.26. The Labute approximate surface area is 284 Å². The molecule has 0 saturated carbocycles. The molecule has 2 aromatic heterocycles. The first-order valence-corrected chi connectivity index (χ1v) is 15.7. The Balaban J connectivity index is 1.22. The van der Waals surface area contributed by atoms with Crippen LogP contribution >= 0.6 is 0 Å². The molecule has 0 aliphatic carbocycles. The van der Waals surface area contributed by atoms with Crippen molar-refractivity contribution >= 4 is 0 Å². The van der Waals surface area contributed by atoms with E-state index in [4.69, 9.17) is 14.2 Å². The molecule has 6 rings (SSSR count). The SMILES string of the molecule is OCC1OC(OCCOc2c(C#Cc3ccc(-c4ccncc4)cc3)cccc2C#Cc2ccc(-c3ccncc3)cc2)C(O)C(O)C1O. The number of aliphatic hydroxyl groups is 4. The number of para-hydroxylation sites is 1. The van der Waals surface area contributed by atoms with Gasteiger partial charge in [0.25, 0.3) is 0 Å². The van der Waals surface area contributed by atoms with Crippen molar-refractivity contribution in [1.29, 1.82) is 0 Å². The van der Waals surface area contributed by atoms with E-state index in [0.717, 1.165) is 33.4 Å². The third-order valence-corrected chi connectivity index (χ3v) is 7.96. The van der Waals surface area contributed by atoms with Gasteiger partial charge in [0, 0.05) is 35.9 Å². The molecule has 4 N–H and O–H groups in total. The van der Waals surface area contributed by atoms with Crippen LogP contribution in [0.1, 0.15) is 22.3 Å². The van der Waals surface area contributed by atoms with E-state index in [1.165, 1.54) is 0 Å². The summed E-state index contributed by atoms with van der Waals surface area (Å²) in [4.78, 5) is 8.16. The number of benzene rings is 3. The highest BCUT2D eigenvalue weighted by Gasteiger charge is 2.43. The van der Waals surface area contributed by atoms with Crippen molar-refractivity contribution in [2.24, 2.45) is 0 Å². The summed E-state index contributed by atoms with van der Waals surface area (Å²) < 4.78 is 17.3. The van der Waals surface area contributed by atoms with E-state index in [-0.39, 0.29) is 13.2 Å². The van der Waals surface area contributed by atoms with E-state index in [0.29, 0.717) is 16.9 Å². The molecule has 5 atom stereocenters. The van der Waals surface area contributed by atoms with Gasteiger partial charge in [-0.25, -0.2) is 0 Å². The number of hydrogen-bond donors (Lipinski definition) is 4. The maximum Gasteiger partial charge on any atom is 0.186 e. The Morgan fingerprint density at radius 3 is 1.55 bits per heavy atom. The number of aliphatic hydroxyl groups excluding tert-OH is 4. The molecule has 1 aliphatic heterocycles. The van der Waals surface area contributed by atoms with Crippen LogP contribution in [0.3, 0.4) is 0 Å². The van der Waals surface area contributed by atoms with Crippen LogP contribution in [0.5, 0.6) is 5.75 Å². The van der Waals surface area contributed by atoms with Gasteiger partial charge in [-0.3, -0.25) is 9.97 Å². The van der Waals surface area contributed by atoms with Crippen LogP contribution in [-0.4, -0.2) is 80.9 Å². The highest BCUT2D eigenvalue weighted by molar-refractivity contribution is 5.66. The van der Waals surface area contributed by atoms with E-state index < -0.39 is 37.3 Å². The molecule has 1 saturated heterocycles. The Kier molecular flexibility index (Phi) is 11.1. The Morgan fingerprint density at radius 2 is 1.06 bits per heavy atom. The van der Waals surface area contributed by atoms with Crippen molar-refractivity contribution in [2.75, 3.05) is 19.8 Å². The quantitative estimate of drug-likeness (QED) is 0.146. The highest BCUT2D eigenvalue weighted by Crippen LogP contribution is 2.26. The first kappa shape index (κ1) is 33.5. The van der Waals surface area contributed by atoms with Crippen molar-refractivity contribution in [1.82, 2.24) is 9.97 Å². The average molecular weight is 655 g/mol. The van der Waals surface area contributed by atoms with E-state index in [1.807, 2.05) is 91.0 Å². The molecular formula is C40H34N2O7. The molecule has 0 radical (unpaired) electrons. The molecular weight excluding hydrogens is 620 g/mol. The summed E-state index contributed by atoms with van der Waals surface area (Å²) in [5.41, 5.74) is 7.12. The van der Waals surface area contributed by atoms with Gasteiger partial charge in [-0.15, -0.1) is 0 Å². The second kappa shape index (κ2) is 16.2. The number of aromatic nitrogens is 2. The largest absolute Gasteiger partial charge is 0.489 e. The summed E-state index contributed by atoms with van der Waals surface area (Å²) >= 11 is 0. The second-order valence-electron chi connectivity index (χ2n) is 11.2. The highest BCUT2D eigenvalue weighted by atomic mass is 16.7. The standard InChI is InChI=1S/C40H34N2O7/c43-26-35-36(44)37(45)38(46)40(49-35)48-25-24-47-39-33(14-8-27-4-10-29(11-5-27)31-16-20-41-21-17-31)2-1-3-34(39)15-9-28-6-12-30(13-7-28)32-18-22-42-23-19-32/h1-7,10-13,16-23,35-38,40,43-46H,24-26H2. The molecule has 49 heavy (non-hydrogen) atoms. The van der Waals surface area contributed by atoms with Crippen molar-refractivity contribution in [3.8, 4) is 51.7 Å². The molecule has 0 amide bonds. The van der Waals surface area contributed by atoms with Crippen LogP contribution in [0, 0.1) is 23.7 Å². The van der Waals surface area contributed by atoms with E-state index in [1.54, 1.807) is 24.8 Å². The van der Waals surface area contributed by atoms with Crippen LogP contribution in [0.25, 0.3) is 22.3 Å². The van der Waals surface area contributed by atoms with Crippen molar-refractivity contribution < 1.29 is 34.6 Å². The van der Waals surface area contributed by atoms with Gasteiger partial charge >= 0.3 is 0 Å². The molecule has 0 bridgehead atoms. The van der Waals surface area contributed by atoms with Gasteiger partial charge in [-0.05, 0) is 82.9 Å². The Morgan fingerprint density at radius 1 is 0.571 bits per heavy atom. The maximum absolute atomic E-state index is 10.3. The van der Waals surface area contributed by atoms with E-state index >= 15 is 0 Å². The lowest BCUT2D eigenvalue weighted by Crippen LogP contribution is -2.59. The van der Waals surface area contributed by atoms with E-state index in [2.05, 4.69) is 33.6 Å². The number of hydrogen-bond acceptors (Lipinski definition) is 9. The first-order valence-electron chi connectivity index (χ1n) is 15.7. The van der Waals surface area contributed by atoms with Crippen LogP contribution in [0.4, 0.5) is 0 Å². The molecule has 246 valence electrons. The van der Waals surface area contributed by atoms with Crippen LogP contribution in [0.15, 0.2) is 116 Å². The fraction of sp³-hybridized carbons (Fsp3) is 0.200. The molecule has 3 heterocycles. The predicted molar refractivity (Wildman–Crippen MR) is 183 cm³/mol. The zero-order valence-electron chi connectivity index (χ0n) is 26.4. The number of nitrogens with zero attached hydrogens (tertiary/aromatic N) is 2. The van der Waals surface area contributed by atoms with Gasteiger partial charge in [0.1, 0.15) is 31.0 Å². The fourth-order valence-corrected chi connectivity index (χ4v) is 5.26. The molecule has 1 fully saturated rings. The van der Waals surface area contributed by atoms with Gasteiger partial charge in [-0.1, -0.05) is 54.0 Å². The number of pyridine rings is 2. The number of rotatable bonds is 8. The average Bonchev–Trinajstić information content (AvgIpc) is 3.16. The zero-order valence-corrected chi connectivity index (χ0v) is 26.4. The normalized spacial score (nSPS) is 20.0. The molecule has 0 spiro atoms. The lowest BCUT2D eigenvalue weighted by Gasteiger charge is -2.39. The van der Waals surface area contributed by atoms with E-state index in [9.17, 15) is 20.4 Å². The second-order valence-corrected chi connectivity index (χ2v) is 11.2. The minimum atomic E-state index is -1.53. The smallest absolute Gasteiger partial charge is 0.186 e. The van der Waals surface area contributed by atoms with Crippen molar-refractivity contribution in [3.63, 3.8) is 0 Å². The van der Waals surface area contributed by atoms with Gasteiger partial charge in [0.15, 0.2) is 12.0 Å². The van der Waals surface area contributed by atoms with Crippen molar-refractivity contribution in [2.45, 2.75) is 30.7 Å². The van der Waals surface area contributed by atoms with Crippen LogP contribution < -0.4 is 4.74 Å². The Bertz CT molecular complexity index is 1830. The zero-order chi connectivity index (χ0) is 34.0. The molecule has 9 nitrogen and oxygen atoms in total. The molecule has 5 aromatic rings. The summed E-state index contributed by atoms with van der Waals surface area (Å²) in [5.74, 6) is 13.3. The van der Waals surface area contributed by atoms with Gasteiger partial charge in [0.05, 0.1) is 24.3 Å². The van der Waals surface area contributed by atoms with Crippen LogP contribution in [-0.2, 0) is 9.47 Å². The van der Waals surface area contributed by atoms with Gasteiger partial charge < -0.3 is 34.6 Å². The molecule has 9 heteroatoms. The van der Waals surface area contributed by atoms with Crippen molar-refractivity contribution in [3.05, 3.63) is 138 Å². The molecule has 5 unspecified atom stereocenters. The van der Waals surface area contributed by atoms with Gasteiger partial charge in [-0.2, -0.15) is 0 Å². The summed E-state index contributed by atoms with van der Waals surface area (Å²) in [6, 6.07) is 29.2. The van der Waals surface area contributed by atoms with Crippen LogP contribution in [0.2, 0.25) is 0 Å². The lowest BCUT2D eigenvalue weighted by molar-refractivity contribution is -0.301. The predicted octanol–water partition coefficient (Wildman–Crippen LogP) is 3.81. The maximum atomic E-state index is 10.3. The Hall–Kier alpha value is -5.36. The topological polar surface area (TPSA) is 134 Å². The summed E-state index contributed by atoms with van der Waals surface area (Å²) in [5, 5.41) is 39.9. The third kappa shape index (κ3) is 8.39.